The molecule has 2 aromatic heterocycles. The Hall–Kier alpha value is -4.51. The van der Waals surface area contributed by atoms with Crippen LogP contribution in [0.25, 0.3) is 32.1 Å². The average molecular weight is 589 g/mol. The fourth-order valence-corrected chi connectivity index (χ4v) is 6.06. The second kappa shape index (κ2) is 10.2. The number of likely N-dealkylation sites (N-methyl/N-ethyl adjacent to an activating group) is 1. The van der Waals surface area contributed by atoms with E-state index in [4.69, 9.17) is 10.5 Å². The maximum atomic E-state index is 16.4. The summed E-state index contributed by atoms with van der Waals surface area (Å²) < 4.78 is 79.9. The largest absolute Gasteiger partial charge is 0.467 e. The third-order valence-corrected chi connectivity index (χ3v) is 8.14. The van der Waals surface area contributed by atoms with Crippen molar-refractivity contribution in [3.63, 3.8) is 0 Å². The first-order valence-corrected chi connectivity index (χ1v) is 12.9. The van der Waals surface area contributed by atoms with Gasteiger partial charge in [-0.25, -0.2) is 8.78 Å². The van der Waals surface area contributed by atoms with Crippen molar-refractivity contribution in [3.05, 3.63) is 53.6 Å². The van der Waals surface area contributed by atoms with Crippen molar-refractivity contribution >= 4 is 49.1 Å². The van der Waals surface area contributed by atoms with Gasteiger partial charge in [0, 0.05) is 42.5 Å². The molecule has 212 valence electrons. The van der Waals surface area contributed by atoms with Gasteiger partial charge >= 0.3 is 12.2 Å². The Labute approximate surface area is 234 Å². The van der Waals surface area contributed by atoms with Gasteiger partial charge in [-0.05, 0) is 30.2 Å². The van der Waals surface area contributed by atoms with Gasteiger partial charge in [0.25, 0.3) is 0 Å². The molecule has 0 saturated carbocycles. The molecule has 0 aliphatic carbocycles. The zero-order valence-corrected chi connectivity index (χ0v) is 22.5. The molecule has 1 atom stereocenters. The summed E-state index contributed by atoms with van der Waals surface area (Å²) in [5.74, 6) is -2.51. The van der Waals surface area contributed by atoms with Crippen molar-refractivity contribution in [3.8, 4) is 23.2 Å². The van der Waals surface area contributed by atoms with Gasteiger partial charge in [0.1, 0.15) is 28.2 Å². The molecule has 2 N–H and O–H groups in total. The standard InChI is InChI=1S/C27H21F5N6O2S/c1-4-18(39)38-8-7-12(11-38)37(2)25-14-9-16(27(30,31)32)20(21(29)22(14)35-26(36-25)40-3)13-5-6-17(28)23-19(13)15(10-33)24(34)41-23/h4-6,9,12H,1,7-8,11,34H2,2-3H3/t12-/m1/s1. The smallest absolute Gasteiger partial charge is 0.417 e. The van der Waals surface area contributed by atoms with Crippen LogP contribution in [0.15, 0.2) is 30.9 Å². The van der Waals surface area contributed by atoms with Crippen molar-refractivity contribution in [2.45, 2.75) is 18.6 Å². The minimum atomic E-state index is -5.07. The van der Waals surface area contributed by atoms with Crippen LogP contribution >= 0.6 is 11.3 Å². The second-order valence-corrected chi connectivity index (χ2v) is 10.4. The Morgan fingerprint density at radius 1 is 1.34 bits per heavy atom. The van der Waals surface area contributed by atoms with Gasteiger partial charge in [0.2, 0.25) is 5.91 Å². The van der Waals surface area contributed by atoms with Gasteiger partial charge in [-0.1, -0.05) is 12.6 Å². The van der Waals surface area contributed by atoms with Crippen LogP contribution in [0.2, 0.25) is 0 Å². The highest BCUT2D eigenvalue weighted by Gasteiger charge is 2.39. The van der Waals surface area contributed by atoms with Crippen LogP contribution in [0.5, 0.6) is 6.01 Å². The Morgan fingerprint density at radius 3 is 2.71 bits per heavy atom. The van der Waals surface area contributed by atoms with Crippen LogP contribution in [-0.4, -0.2) is 54.1 Å². The predicted octanol–water partition coefficient (Wildman–Crippen LogP) is 5.49. The zero-order valence-electron chi connectivity index (χ0n) is 21.6. The predicted molar refractivity (Wildman–Crippen MR) is 145 cm³/mol. The fourth-order valence-electron chi connectivity index (χ4n) is 5.11. The number of nitrogens with two attached hydrogens (primary N) is 1. The summed E-state index contributed by atoms with van der Waals surface area (Å²) in [5, 5.41) is 9.05. The molecule has 0 bridgehead atoms. The van der Waals surface area contributed by atoms with Gasteiger partial charge in [-0.2, -0.15) is 28.4 Å². The van der Waals surface area contributed by atoms with E-state index in [0.29, 0.717) is 24.3 Å². The molecule has 1 fully saturated rings. The molecular weight excluding hydrogens is 567 g/mol. The van der Waals surface area contributed by atoms with E-state index in [-0.39, 0.29) is 61.9 Å². The third kappa shape index (κ3) is 4.55. The normalized spacial score (nSPS) is 15.4. The molecule has 1 aliphatic rings. The molecule has 0 radical (unpaired) electrons. The number of rotatable bonds is 5. The number of nitriles is 1. The number of alkyl halides is 3. The lowest BCUT2D eigenvalue weighted by atomic mass is 9.92. The average Bonchev–Trinajstić information content (AvgIpc) is 3.57. The van der Waals surface area contributed by atoms with Crippen LogP contribution in [-0.2, 0) is 11.0 Å². The molecule has 8 nitrogen and oxygen atoms in total. The van der Waals surface area contributed by atoms with Crippen LogP contribution in [0, 0.1) is 23.0 Å². The molecule has 1 aliphatic heterocycles. The number of hydrogen-bond acceptors (Lipinski definition) is 8. The summed E-state index contributed by atoms with van der Waals surface area (Å²) in [4.78, 5) is 23.5. The Morgan fingerprint density at radius 2 is 2.07 bits per heavy atom. The van der Waals surface area contributed by atoms with Gasteiger partial charge in [0.05, 0.1) is 22.9 Å². The molecule has 1 amide bonds. The minimum absolute atomic E-state index is 0.0394. The van der Waals surface area contributed by atoms with E-state index in [1.807, 2.05) is 0 Å². The number of nitrogen functional groups attached to an aromatic ring is 1. The number of halogens is 5. The highest BCUT2D eigenvalue weighted by atomic mass is 32.1. The number of fused-ring (bicyclic) bond motifs is 2. The van der Waals surface area contributed by atoms with E-state index in [1.165, 1.54) is 18.1 Å². The lowest BCUT2D eigenvalue weighted by molar-refractivity contribution is -0.137. The number of methoxy groups -OCH3 is 1. The van der Waals surface area contributed by atoms with Crippen LogP contribution < -0.4 is 15.4 Å². The van der Waals surface area contributed by atoms with E-state index < -0.39 is 34.5 Å². The molecule has 5 rings (SSSR count). The van der Waals surface area contributed by atoms with E-state index in [0.717, 1.165) is 18.2 Å². The lowest BCUT2D eigenvalue weighted by Gasteiger charge is -2.27. The number of anilines is 2. The van der Waals surface area contributed by atoms with Crippen LogP contribution in [0.1, 0.15) is 17.5 Å². The number of thiophene rings is 1. The summed E-state index contributed by atoms with van der Waals surface area (Å²) in [6, 6.07) is 3.74. The monoisotopic (exact) mass is 588 g/mol. The SMILES string of the molecule is C=CC(=O)N1CC[C@@H](N(C)c2nc(OC)nc3c(F)c(-c4ccc(F)c5sc(N)c(C#N)c45)c(C(F)(F)F)cc23)C1. The number of ether oxygens (including phenoxy) is 1. The Kier molecular flexibility index (Phi) is 6.94. The molecule has 4 aromatic rings. The van der Waals surface area contributed by atoms with Gasteiger partial charge < -0.3 is 20.3 Å². The van der Waals surface area contributed by atoms with Crippen molar-refractivity contribution in [1.29, 1.82) is 5.26 Å². The zero-order chi connectivity index (χ0) is 29.8. The molecule has 14 heteroatoms. The molecule has 2 aromatic carbocycles. The number of likely N-dealkylation sites (tertiary alicyclic amines) is 1. The quantitative estimate of drug-likeness (QED) is 0.243. The van der Waals surface area contributed by atoms with E-state index in [1.54, 1.807) is 18.0 Å². The first kappa shape index (κ1) is 28.0. The third-order valence-electron chi connectivity index (χ3n) is 7.11. The number of carbonyl (C=O) groups is 1. The number of hydrogen-bond donors (Lipinski definition) is 1. The van der Waals surface area contributed by atoms with Crippen molar-refractivity contribution < 1.29 is 31.5 Å². The molecule has 1 saturated heterocycles. The Bertz CT molecular complexity index is 1780. The highest BCUT2D eigenvalue weighted by molar-refractivity contribution is 7.23. The van der Waals surface area contributed by atoms with Crippen molar-refractivity contribution in [2.75, 3.05) is 37.9 Å². The first-order chi connectivity index (χ1) is 19.4. The number of amides is 1. The summed E-state index contributed by atoms with van der Waals surface area (Å²) in [6.45, 7) is 4.10. The molecule has 3 heterocycles. The summed E-state index contributed by atoms with van der Waals surface area (Å²) >= 11 is 0.682. The Balaban J connectivity index is 1.81. The molecule has 0 spiro atoms. The summed E-state index contributed by atoms with van der Waals surface area (Å²) in [6.07, 6.45) is -3.43. The maximum Gasteiger partial charge on any atom is 0.417 e. The van der Waals surface area contributed by atoms with E-state index in [2.05, 4.69) is 16.5 Å². The lowest BCUT2D eigenvalue weighted by Crippen LogP contribution is -2.36. The number of nitrogens with zero attached hydrogens (tertiary/aromatic N) is 5. The topological polar surface area (TPSA) is 108 Å². The van der Waals surface area contributed by atoms with Crippen LogP contribution in [0.3, 0.4) is 0 Å². The second-order valence-electron chi connectivity index (χ2n) is 9.33. The van der Waals surface area contributed by atoms with Gasteiger partial charge in [-0.15, -0.1) is 11.3 Å². The number of aromatic nitrogens is 2. The fraction of sp³-hybridized carbons (Fsp3) is 0.259. The molecule has 0 unspecified atom stereocenters. The minimum Gasteiger partial charge on any atom is -0.467 e. The number of benzene rings is 2. The summed E-state index contributed by atoms with van der Waals surface area (Å²) in [5.41, 5.74) is 2.48. The van der Waals surface area contributed by atoms with E-state index >= 15 is 4.39 Å². The van der Waals surface area contributed by atoms with E-state index in [9.17, 15) is 27.6 Å². The molecule has 41 heavy (non-hydrogen) atoms. The first-order valence-electron chi connectivity index (χ1n) is 12.1. The van der Waals surface area contributed by atoms with Gasteiger partial charge in [-0.3, -0.25) is 4.79 Å². The van der Waals surface area contributed by atoms with Gasteiger partial charge in [0.15, 0.2) is 5.82 Å². The van der Waals surface area contributed by atoms with Crippen molar-refractivity contribution in [1.82, 2.24) is 14.9 Å². The van der Waals surface area contributed by atoms with Crippen LogP contribution in [0.4, 0.5) is 32.8 Å². The maximum absolute atomic E-state index is 16.4. The van der Waals surface area contributed by atoms with Crippen molar-refractivity contribution in [2.24, 2.45) is 0 Å². The molecular formula is C27H21F5N6O2S. The summed E-state index contributed by atoms with van der Waals surface area (Å²) in [7, 11) is 2.80. The highest BCUT2D eigenvalue weighted by Crippen LogP contribution is 2.48. The number of carbonyl (C=O) groups excluding carboxylic acids is 1.